The highest BCUT2D eigenvalue weighted by Gasteiger charge is 2.18. The van der Waals surface area contributed by atoms with Crippen LogP contribution in [0.1, 0.15) is 41.3 Å². The molecule has 1 aromatic heterocycles. The molecule has 1 aliphatic rings. The second kappa shape index (κ2) is 6.99. The van der Waals surface area contributed by atoms with Crippen LogP contribution >= 0.6 is 0 Å². The molecule has 126 valence electrons. The van der Waals surface area contributed by atoms with Gasteiger partial charge in [-0.2, -0.15) is 0 Å². The zero-order valence-corrected chi connectivity index (χ0v) is 14.5. The Morgan fingerprint density at radius 2 is 1.67 bits per heavy atom. The average Bonchev–Trinajstić information content (AvgIpc) is 2.55. The van der Waals surface area contributed by atoms with Gasteiger partial charge in [-0.15, -0.1) is 0 Å². The van der Waals surface area contributed by atoms with Gasteiger partial charge in [0.25, 0.3) is 5.91 Å². The number of benzene rings is 1. The summed E-state index contributed by atoms with van der Waals surface area (Å²) in [6.07, 6.45) is 5.55. The molecule has 0 unspecified atom stereocenters. The number of hydrogen-bond acceptors (Lipinski definition) is 4. The molecule has 0 saturated carbocycles. The molecule has 0 aliphatic carbocycles. The van der Waals surface area contributed by atoms with E-state index in [4.69, 9.17) is 0 Å². The minimum Gasteiger partial charge on any atom is -0.341 e. The lowest BCUT2D eigenvalue weighted by Gasteiger charge is -2.30. The molecule has 24 heavy (non-hydrogen) atoms. The molecule has 0 radical (unpaired) electrons. The smallest absolute Gasteiger partial charge is 0.258 e. The van der Waals surface area contributed by atoms with E-state index < -0.39 is 0 Å². The van der Waals surface area contributed by atoms with Crippen molar-refractivity contribution in [3.8, 4) is 0 Å². The number of carbonyl (C=O) groups excluding carboxylic acids is 1. The molecule has 5 nitrogen and oxygen atoms in total. The molecule has 2 heterocycles. The van der Waals surface area contributed by atoms with Gasteiger partial charge in [0.1, 0.15) is 0 Å². The van der Waals surface area contributed by atoms with Gasteiger partial charge in [-0.1, -0.05) is 13.0 Å². The lowest BCUT2D eigenvalue weighted by atomic mass is 10.00. The maximum Gasteiger partial charge on any atom is 0.258 e. The number of aromatic nitrogens is 2. The summed E-state index contributed by atoms with van der Waals surface area (Å²) < 4.78 is 0. The van der Waals surface area contributed by atoms with Crippen LogP contribution in [0.15, 0.2) is 30.6 Å². The van der Waals surface area contributed by atoms with Crippen molar-refractivity contribution in [1.82, 2.24) is 9.97 Å². The topological polar surface area (TPSA) is 58.1 Å². The predicted octanol–water partition coefficient (Wildman–Crippen LogP) is 3.58. The lowest BCUT2D eigenvalue weighted by molar-refractivity contribution is 0.102. The Bertz CT molecular complexity index is 698. The van der Waals surface area contributed by atoms with Crippen LogP contribution in [0.3, 0.4) is 0 Å². The number of piperidine rings is 1. The molecule has 1 saturated heterocycles. The number of carbonyl (C=O) groups is 1. The fraction of sp³-hybridized carbons (Fsp3) is 0.421. The Morgan fingerprint density at radius 3 is 2.25 bits per heavy atom. The Hall–Kier alpha value is -2.43. The molecule has 0 atom stereocenters. The zero-order valence-electron chi connectivity index (χ0n) is 14.5. The normalized spacial score (nSPS) is 15.4. The number of aryl methyl sites for hydroxylation is 2. The molecule has 0 bridgehead atoms. The second-order valence-electron chi connectivity index (χ2n) is 6.77. The Kier molecular flexibility index (Phi) is 4.79. The van der Waals surface area contributed by atoms with Crippen LogP contribution in [0.4, 0.5) is 11.6 Å². The van der Waals surface area contributed by atoms with Crippen molar-refractivity contribution in [3.63, 3.8) is 0 Å². The van der Waals surface area contributed by atoms with Gasteiger partial charge in [0.2, 0.25) is 5.95 Å². The summed E-state index contributed by atoms with van der Waals surface area (Å²) in [6.45, 7) is 8.27. The minimum absolute atomic E-state index is 0.182. The van der Waals surface area contributed by atoms with Crippen LogP contribution < -0.4 is 10.2 Å². The van der Waals surface area contributed by atoms with Crippen molar-refractivity contribution in [1.29, 1.82) is 0 Å². The van der Waals surface area contributed by atoms with Gasteiger partial charge < -0.3 is 10.2 Å². The van der Waals surface area contributed by atoms with E-state index in [1.165, 1.54) is 0 Å². The summed E-state index contributed by atoms with van der Waals surface area (Å²) >= 11 is 0. The Balaban J connectivity index is 1.67. The molecule has 1 aromatic carbocycles. The fourth-order valence-corrected chi connectivity index (χ4v) is 3.06. The third kappa shape index (κ3) is 3.91. The highest BCUT2D eigenvalue weighted by Crippen LogP contribution is 2.20. The van der Waals surface area contributed by atoms with Crippen molar-refractivity contribution in [2.24, 2.45) is 5.92 Å². The van der Waals surface area contributed by atoms with Gasteiger partial charge in [0.05, 0.1) is 5.56 Å². The van der Waals surface area contributed by atoms with E-state index in [1.54, 1.807) is 12.4 Å². The van der Waals surface area contributed by atoms with Crippen LogP contribution in [0, 0.1) is 19.8 Å². The van der Waals surface area contributed by atoms with Crippen molar-refractivity contribution in [2.45, 2.75) is 33.6 Å². The molecular weight excluding hydrogens is 300 g/mol. The molecule has 3 rings (SSSR count). The summed E-state index contributed by atoms with van der Waals surface area (Å²) in [4.78, 5) is 23.3. The van der Waals surface area contributed by atoms with Crippen LogP contribution in [0.2, 0.25) is 0 Å². The van der Waals surface area contributed by atoms with E-state index in [9.17, 15) is 4.79 Å². The fourth-order valence-electron chi connectivity index (χ4n) is 3.06. The van der Waals surface area contributed by atoms with Gasteiger partial charge in [-0.3, -0.25) is 4.79 Å². The molecule has 1 amide bonds. The van der Waals surface area contributed by atoms with Gasteiger partial charge in [-0.05, 0) is 55.9 Å². The first kappa shape index (κ1) is 16.4. The van der Waals surface area contributed by atoms with Gasteiger partial charge in [-0.25, -0.2) is 9.97 Å². The minimum atomic E-state index is -0.182. The second-order valence-corrected chi connectivity index (χ2v) is 6.77. The highest BCUT2D eigenvalue weighted by atomic mass is 16.1. The maximum atomic E-state index is 12.4. The van der Waals surface area contributed by atoms with E-state index >= 15 is 0 Å². The summed E-state index contributed by atoms with van der Waals surface area (Å²) in [5.74, 6) is 1.30. The van der Waals surface area contributed by atoms with Gasteiger partial charge >= 0.3 is 0 Å². The molecule has 1 N–H and O–H groups in total. The first-order valence-electron chi connectivity index (χ1n) is 8.48. The van der Waals surface area contributed by atoms with Crippen molar-refractivity contribution < 1.29 is 4.79 Å². The number of rotatable bonds is 3. The summed E-state index contributed by atoms with van der Waals surface area (Å²) in [6, 6.07) is 5.98. The Labute approximate surface area is 143 Å². The monoisotopic (exact) mass is 324 g/mol. The van der Waals surface area contributed by atoms with Crippen molar-refractivity contribution in [3.05, 3.63) is 47.3 Å². The molecule has 2 aromatic rings. The zero-order chi connectivity index (χ0) is 17.1. The standard InChI is InChI=1S/C19H24N4O/c1-13-4-6-23(7-5-13)19-20-11-16(12-21-19)18(24)22-17-9-14(2)8-15(3)10-17/h8-13H,4-7H2,1-3H3,(H,22,24). The third-order valence-corrected chi connectivity index (χ3v) is 4.45. The average molecular weight is 324 g/mol. The Morgan fingerprint density at radius 1 is 1.08 bits per heavy atom. The number of amides is 1. The van der Waals surface area contributed by atoms with Gasteiger partial charge in [0, 0.05) is 31.2 Å². The quantitative estimate of drug-likeness (QED) is 0.937. The van der Waals surface area contributed by atoms with Crippen LogP contribution in [0.5, 0.6) is 0 Å². The summed E-state index contributed by atoms with van der Waals surface area (Å²) in [7, 11) is 0. The highest BCUT2D eigenvalue weighted by molar-refractivity contribution is 6.04. The largest absolute Gasteiger partial charge is 0.341 e. The molecule has 1 fully saturated rings. The number of hydrogen-bond donors (Lipinski definition) is 1. The van der Waals surface area contributed by atoms with E-state index in [0.29, 0.717) is 11.5 Å². The molecule has 0 spiro atoms. The van der Waals surface area contributed by atoms with E-state index in [0.717, 1.165) is 48.7 Å². The van der Waals surface area contributed by atoms with Crippen LogP contribution in [-0.2, 0) is 0 Å². The van der Waals surface area contributed by atoms with E-state index in [-0.39, 0.29) is 5.91 Å². The predicted molar refractivity (Wildman–Crippen MR) is 96.5 cm³/mol. The van der Waals surface area contributed by atoms with E-state index in [1.807, 2.05) is 26.0 Å². The third-order valence-electron chi connectivity index (χ3n) is 4.45. The lowest BCUT2D eigenvalue weighted by Crippen LogP contribution is -2.34. The molecule has 1 aliphatic heterocycles. The van der Waals surface area contributed by atoms with Crippen molar-refractivity contribution in [2.75, 3.05) is 23.3 Å². The van der Waals surface area contributed by atoms with Crippen molar-refractivity contribution >= 4 is 17.5 Å². The SMILES string of the molecule is Cc1cc(C)cc(NC(=O)c2cnc(N3CCC(C)CC3)nc2)c1. The summed E-state index contributed by atoms with van der Waals surface area (Å²) in [5.41, 5.74) is 3.52. The van der Waals surface area contributed by atoms with E-state index in [2.05, 4.69) is 33.2 Å². The van der Waals surface area contributed by atoms with Gasteiger partial charge in [0.15, 0.2) is 0 Å². The molecule has 5 heteroatoms. The number of anilines is 2. The number of nitrogens with one attached hydrogen (secondary N) is 1. The molecular formula is C19H24N4O. The number of nitrogens with zero attached hydrogens (tertiary/aromatic N) is 3. The maximum absolute atomic E-state index is 12.4. The summed E-state index contributed by atoms with van der Waals surface area (Å²) in [5, 5.41) is 2.91. The van der Waals surface area contributed by atoms with Crippen LogP contribution in [-0.4, -0.2) is 29.0 Å². The van der Waals surface area contributed by atoms with Crippen LogP contribution in [0.25, 0.3) is 0 Å². The first-order chi connectivity index (χ1) is 11.5. The first-order valence-corrected chi connectivity index (χ1v) is 8.48.